The Kier molecular flexibility index (Phi) is 6.66. The Balaban J connectivity index is 2.64. The molecular weight excluding hydrogens is 268 g/mol. The standard InChI is InChI=1S/C17H22O4/c1-12(2)16(17(19)20-4)13(3)21-15(18)11-10-14-8-6-5-7-9-14/h5-13,16H,1-4H3. The van der Waals surface area contributed by atoms with Gasteiger partial charge in [-0.25, -0.2) is 4.79 Å². The number of hydrogen-bond acceptors (Lipinski definition) is 4. The van der Waals surface area contributed by atoms with E-state index in [4.69, 9.17) is 9.47 Å². The molecular formula is C17H22O4. The third kappa shape index (κ3) is 5.42. The first-order valence-corrected chi connectivity index (χ1v) is 6.97. The Bertz CT molecular complexity index is 491. The quantitative estimate of drug-likeness (QED) is 0.597. The normalized spacial score (nSPS) is 14.0. The molecule has 4 nitrogen and oxygen atoms in total. The van der Waals surface area contributed by atoms with Gasteiger partial charge in [-0.15, -0.1) is 0 Å². The van der Waals surface area contributed by atoms with Crippen LogP contribution in [0, 0.1) is 11.8 Å². The van der Waals surface area contributed by atoms with Gasteiger partial charge in [0.25, 0.3) is 0 Å². The Labute approximate surface area is 125 Å². The molecule has 0 saturated carbocycles. The maximum Gasteiger partial charge on any atom is 0.331 e. The second-order valence-corrected chi connectivity index (χ2v) is 5.18. The van der Waals surface area contributed by atoms with Crippen molar-refractivity contribution in [1.82, 2.24) is 0 Å². The summed E-state index contributed by atoms with van der Waals surface area (Å²) in [6.45, 7) is 5.49. The van der Waals surface area contributed by atoms with Gasteiger partial charge in [0.05, 0.1) is 13.0 Å². The number of carbonyl (C=O) groups excluding carboxylic acids is 2. The number of ether oxygens (including phenoxy) is 2. The van der Waals surface area contributed by atoms with E-state index in [9.17, 15) is 9.59 Å². The van der Waals surface area contributed by atoms with Crippen LogP contribution < -0.4 is 0 Å². The minimum Gasteiger partial charge on any atom is -0.469 e. The molecule has 0 spiro atoms. The van der Waals surface area contributed by atoms with E-state index < -0.39 is 18.0 Å². The lowest BCUT2D eigenvalue weighted by Gasteiger charge is -2.24. The molecule has 0 heterocycles. The summed E-state index contributed by atoms with van der Waals surface area (Å²) >= 11 is 0. The Morgan fingerprint density at radius 1 is 1.10 bits per heavy atom. The molecule has 2 unspecified atom stereocenters. The molecule has 0 aliphatic carbocycles. The smallest absolute Gasteiger partial charge is 0.331 e. The van der Waals surface area contributed by atoms with Gasteiger partial charge in [0, 0.05) is 6.08 Å². The summed E-state index contributed by atoms with van der Waals surface area (Å²) in [5.74, 6) is -1.28. The van der Waals surface area contributed by atoms with E-state index in [1.54, 1.807) is 13.0 Å². The highest BCUT2D eigenvalue weighted by Crippen LogP contribution is 2.20. The largest absolute Gasteiger partial charge is 0.469 e. The molecule has 0 amide bonds. The van der Waals surface area contributed by atoms with Gasteiger partial charge in [-0.1, -0.05) is 44.2 Å². The maximum atomic E-state index is 11.8. The summed E-state index contributed by atoms with van der Waals surface area (Å²) in [6, 6.07) is 9.46. The van der Waals surface area contributed by atoms with Gasteiger partial charge in [-0.05, 0) is 24.5 Å². The Hall–Kier alpha value is -2.10. The Morgan fingerprint density at radius 3 is 2.24 bits per heavy atom. The molecule has 4 heteroatoms. The average molecular weight is 290 g/mol. The van der Waals surface area contributed by atoms with Crippen molar-refractivity contribution in [1.29, 1.82) is 0 Å². The van der Waals surface area contributed by atoms with Gasteiger partial charge >= 0.3 is 11.9 Å². The summed E-state index contributed by atoms with van der Waals surface area (Å²) < 4.78 is 10.0. The first kappa shape index (κ1) is 17.0. The van der Waals surface area contributed by atoms with E-state index >= 15 is 0 Å². The number of rotatable bonds is 6. The van der Waals surface area contributed by atoms with Crippen molar-refractivity contribution >= 4 is 18.0 Å². The molecule has 2 atom stereocenters. The van der Waals surface area contributed by atoms with Crippen molar-refractivity contribution < 1.29 is 19.1 Å². The van der Waals surface area contributed by atoms with E-state index in [0.717, 1.165) is 5.56 Å². The van der Waals surface area contributed by atoms with Gasteiger partial charge in [0.15, 0.2) is 0 Å². The fourth-order valence-electron chi connectivity index (χ4n) is 2.17. The van der Waals surface area contributed by atoms with Crippen molar-refractivity contribution in [3.05, 3.63) is 42.0 Å². The van der Waals surface area contributed by atoms with Crippen LogP contribution in [-0.4, -0.2) is 25.2 Å². The van der Waals surface area contributed by atoms with E-state index in [0.29, 0.717) is 0 Å². The first-order valence-electron chi connectivity index (χ1n) is 6.97. The molecule has 0 fully saturated rings. The van der Waals surface area contributed by atoms with Gasteiger partial charge < -0.3 is 9.47 Å². The molecule has 1 aromatic carbocycles. The molecule has 21 heavy (non-hydrogen) atoms. The number of benzene rings is 1. The van der Waals surface area contributed by atoms with Crippen LogP contribution in [0.25, 0.3) is 6.08 Å². The highest BCUT2D eigenvalue weighted by molar-refractivity contribution is 5.87. The van der Waals surface area contributed by atoms with Gasteiger partial charge in [0.2, 0.25) is 0 Å². The molecule has 0 aromatic heterocycles. The monoisotopic (exact) mass is 290 g/mol. The second kappa shape index (κ2) is 8.25. The summed E-state index contributed by atoms with van der Waals surface area (Å²) in [5.41, 5.74) is 0.912. The SMILES string of the molecule is COC(=O)C(C(C)C)C(C)OC(=O)C=Cc1ccccc1. The summed E-state index contributed by atoms with van der Waals surface area (Å²) in [4.78, 5) is 23.5. The molecule has 1 aromatic rings. The predicted molar refractivity (Wildman–Crippen MR) is 81.4 cm³/mol. The lowest BCUT2D eigenvalue weighted by atomic mass is 9.91. The van der Waals surface area contributed by atoms with Crippen molar-refractivity contribution in [2.75, 3.05) is 7.11 Å². The van der Waals surface area contributed by atoms with Crippen LogP contribution in [0.3, 0.4) is 0 Å². The minimum absolute atomic E-state index is 0.0263. The zero-order valence-corrected chi connectivity index (χ0v) is 12.9. The number of methoxy groups -OCH3 is 1. The van der Waals surface area contributed by atoms with E-state index in [1.807, 2.05) is 44.2 Å². The van der Waals surface area contributed by atoms with Crippen molar-refractivity contribution in [3.63, 3.8) is 0 Å². The molecule has 0 aliphatic heterocycles. The Morgan fingerprint density at radius 2 is 1.71 bits per heavy atom. The number of esters is 2. The number of carbonyl (C=O) groups is 2. The minimum atomic E-state index is -0.537. The fraction of sp³-hybridized carbons (Fsp3) is 0.412. The molecule has 114 valence electrons. The third-order valence-corrected chi connectivity index (χ3v) is 3.21. The molecule has 0 N–H and O–H groups in total. The molecule has 0 saturated heterocycles. The predicted octanol–water partition coefficient (Wildman–Crippen LogP) is 3.08. The van der Waals surface area contributed by atoms with E-state index in [-0.39, 0.29) is 11.9 Å². The summed E-state index contributed by atoms with van der Waals surface area (Å²) in [7, 11) is 1.33. The van der Waals surface area contributed by atoms with Crippen LogP contribution in [0.5, 0.6) is 0 Å². The zero-order chi connectivity index (χ0) is 15.8. The van der Waals surface area contributed by atoms with Crippen LogP contribution in [-0.2, 0) is 19.1 Å². The zero-order valence-electron chi connectivity index (χ0n) is 12.9. The molecule has 0 bridgehead atoms. The molecule has 1 rings (SSSR count). The van der Waals surface area contributed by atoms with E-state index in [1.165, 1.54) is 13.2 Å². The fourth-order valence-corrected chi connectivity index (χ4v) is 2.17. The highest BCUT2D eigenvalue weighted by Gasteiger charge is 2.31. The second-order valence-electron chi connectivity index (χ2n) is 5.18. The van der Waals surface area contributed by atoms with Crippen LogP contribution in [0.2, 0.25) is 0 Å². The number of hydrogen-bond donors (Lipinski definition) is 0. The molecule has 0 aliphatic rings. The topological polar surface area (TPSA) is 52.6 Å². The van der Waals surface area contributed by atoms with Crippen LogP contribution in [0.1, 0.15) is 26.3 Å². The molecule has 0 radical (unpaired) electrons. The van der Waals surface area contributed by atoms with Crippen molar-refractivity contribution in [2.24, 2.45) is 11.8 Å². The van der Waals surface area contributed by atoms with Crippen LogP contribution in [0.15, 0.2) is 36.4 Å². The van der Waals surface area contributed by atoms with E-state index in [2.05, 4.69) is 0 Å². The third-order valence-electron chi connectivity index (χ3n) is 3.21. The van der Waals surface area contributed by atoms with Crippen LogP contribution in [0.4, 0.5) is 0 Å². The lowest BCUT2D eigenvalue weighted by molar-refractivity contribution is -0.158. The van der Waals surface area contributed by atoms with Gasteiger partial charge in [0.1, 0.15) is 6.10 Å². The summed E-state index contributed by atoms with van der Waals surface area (Å²) in [6.07, 6.45) is 2.50. The van der Waals surface area contributed by atoms with Gasteiger partial charge in [-0.3, -0.25) is 4.79 Å². The first-order chi connectivity index (χ1) is 9.95. The highest BCUT2D eigenvalue weighted by atomic mass is 16.6. The van der Waals surface area contributed by atoms with Crippen molar-refractivity contribution in [3.8, 4) is 0 Å². The average Bonchev–Trinajstić information content (AvgIpc) is 2.45. The van der Waals surface area contributed by atoms with Crippen molar-refractivity contribution in [2.45, 2.75) is 26.9 Å². The lowest BCUT2D eigenvalue weighted by Crippen LogP contribution is -2.34. The maximum absolute atomic E-state index is 11.8. The summed E-state index contributed by atoms with van der Waals surface area (Å²) in [5, 5.41) is 0. The van der Waals surface area contributed by atoms with Gasteiger partial charge in [-0.2, -0.15) is 0 Å². The van der Waals surface area contributed by atoms with Crippen LogP contribution >= 0.6 is 0 Å².